The molecule has 0 saturated carbocycles. The van der Waals surface area contributed by atoms with Crippen molar-refractivity contribution in [2.75, 3.05) is 19.4 Å². The highest BCUT2D eigenvalue weighted by molar-refractivity contribution is 7.89. The van der Waals surface area contributed by atoms with E-state index in [1.807, 2.05) is 48.5 Å². The lowest BCUT2D eigenvalue weighted by molar-refractivity contribution is -0.120. The van der Waals surface area contributed by atoms with Crippen molar-refractivity contribution < 1.29 is 17.9 Å². The van der Waals surface area contributed by atoms with Crippen LogP contribution in [-0.2, 0) is 27.8 Å². The molecule has 0 heterocycles. The van der Waals surface area contributed by atoms with Gasteiger partial charge in [0.1, 0.15) is 5.75 Å². The van der Waals surface area contributed by atoms with Crippen LogP contribution in [0.25, 0.3) is 0 Å². The van der Waals surface area contributed by atoms with Crippen LogP contribution in [0.15, 0.2) is 54.6 Å². The lowest BCUT2D eigenvalue weighted by Gasteiger charge is -2.10. The third kappa shape index (κ3) is 6.85. The number of amides is 1. The second kappa shape index (κ2) is 9.94. The first kappa shape index (κ1) is 19.9. The summed E-state index contributed by atoms with van der Waals surface area (Å²) in [6, 6.07) is 17.0. The van der Waals surface area contributed by atoms with Crippen LogP contribution in [-0.4, -0.2) is 33.7 Å². The van der Waals surface area contributed by atoms with Gasteiger partial charge in [-0.05, 0) is 24.5 Å². The van der Waals surface area contributed by atoms with E-state index in [-0.39, 0.29) is 24.7 Å². The van der Waals surface area contributed by atoms with Gasteiger partial charge in [-0.3, -0.25) is 4.79 Å². The van der Waals surface area contributed by atoms with E-state index in [4.69, 9.17) is 4.74 Å². The Morgan fingerprint density at radius 3 is 2.46 bits per heavy atom. The number of methoxy groups -OCH3 is 1. The summed E-state index contributed by atoms with van der Waals surface area (Å²) in [6.07, 6.45) is 1.18. The van der Waals surface area contributed by atoms with Gasteiger partial charge in [-0.15, -0.1) is 0 Å². The lowest BCUT2D eigenvalue weighted by Crippen LogP contribution is -2.37. The van der Waals surface area contributed by atoms with Gasteiger partial charge in [0.25, 0.3) is 0 Å². The normalized spacial score (nSPS) is 11.1. The van der Waals surface area contributed by atoms with Crippen LogP contribution < -0.4 is 14.8 Å². The highest BCUT2D eigenvalue weighted by atomic mass is 32.2. The largest absolute Gasteiger partial charge is 0.496 e. The predicted molar refractivity (Wildman–Crippen MR) is 101 cm³/mol. The summed E-state index contributed by atoms with van der Waals surface area (Å²) in [5.41, 5.74) is 1.92. The van der Waals surface area contributed by atoms with Gasteiger partial charge in [-0.25, -0.2) is 13.1 Å². The fraction of sp³-hybridized carbons (Fsp3) is 0.316. The minimum absolute atomic E-state index is 0.0122. The molecule has 2 rings (SSSR count). The topological polar surface area (TPSA) is 84.5 Å². The maximum Gasteiger partial charge on any atom is 0.235 e. The van der Waals surface area contributed by atoms with Crippen molar-refractivity contribution in [3.8, 4) is 5.75 Å². The van der Waals surface area contributed by atoms with Crippen LogP contribution in [0, 0.1) is 0 Å². The van der Waals surface area contributed by atoms with Crippen molar-refractivity contribution in [1.82, 2.24) is 10.0 Å². The van der Waals surface area contributed by atoms with E-state index in [2.05, 4.69) is 10.0 Å². The molecule has 0 spiro atoms. The Hall–Kier alpha value is -2.38. The molecule has 2 N–H and O–H groups in total. The van der Waals surface area contributed by atoms with E-state index < -0.39 is 10.0 Å². The van der Waals surface area contributed by atoms with Crippen molar-refractivity contribution in [3.05, 3.63) is 65.7 Å². The monoisotopic (exact) mass is 376 g/mol. The minimum Gasteiger partial charge on any atom is -0.496 e. The second-order valence-corrected chi connectivity index (χ2v) is 7.74. The van der Waals surface area contributed by atoms with Crippen molar-refractivity contribution in [1.29, 1.82) is 0 Å². The van der Waals surface area contributed by atoms with Gasteiger partial charge in [0, 0.05) is 12.1 Å². The fourth-order valence-corrected chi connectivity index (χ4v) is 3.48. The number of nitrogens with one attached hydrogen (secondary N) is 2. The SMILES string of the molecule is COc1ccccc1CNC(=O)CNS(=O)(=O)CCCc1ccccc1. The standard InChI is InChI=1S/C19H24N2O4S/c1-25-18-12-6-5-11-17(18)14-20-19(22)15-21-26(23,24)13-7-10-16-8-3-2-4-9-16/h2-6,8-9,11-12,21H,7,10,13-15H2,1H3,(H,20,22). The molecular formula is C19H24N2O4S. The average Bonchev–Trinajstić information content (AvgIpc) is 2.65. The molecule has 0 saturated heterocycles. The average molecular weight is 376 g/mol. The molecule has 0 atom stereocenters. The second-order valence-electron chi connectivity index (χ2n) is 5.82. The summed E-state index contributed by atoms with van der Waals surface area (Å²) in [7, 11) is -1.92. The molecular weight excluding hydrogens is 352 g/mol. The third-order valence-corrected chi connectivity index (χ3v) is 5.25. The quantitative estimate of drug-likeness (QED) is 0.663. The summed E-state index contributed by atoms with van der Waals surface area (Å²) < 4.78 is 31.5. The number of hydrogen-bond acceptors (Lipinski definition) is 4. The van der Waals surface area contributed by atoms with E-state index in [1.54, 1.807) is 13.2 Å². The third-order valence-electron chi connectivity index (χ3n) is 3.84. The first-order chi connectivity index (χ1) is 12.5. The molecule has 1 amide bonds. The van der Waals surface area contributed by atoms with Crippen molar-refractivity contribution in [3.63, 3.8) is 0 Å². The summed E-state index contributed by atoms with van der Waals surface area (Å²) in [4.78, 5) is 11.9. The van der Waals surface area contributed by atoms with E-state index >= 15 is 0 Å². The number of hydrogen-bond donors (Lipinski definition) is 2. The summed E-state index contributed by atoms with van der Waals surface area (Å²) in [6.45, 7) is 0.00139. The Balaban J connectivity index is 1.71. The summed E-state index contributed by atoms with van der Waals surface area (Å²) in [5, 5.41) is 2.68. The van der Waals surface area contributed by atoms with Crippen LogP contribution >= 0.6 is 0 Å². The van der Waals surface area contributed by atoms with Crippen molar-refractivity contribution in [2.45, 2.75) is 19.4 Å². The van der Waals surface area contributed by atoms with E-state index in [0.717, 1.165) is 11.1 Å². The maximum absolute atomic E-state index is 12.0. The maximum atomic E-state index is 12.0. The molecule has 6 nitrogen and oxygen atoms in total. The molecule has 0 aromatic heterocycles. The zero-order valence-corrected chi connectivity index (χ0v) is 15.6. The Morgan fingerprint density at radius 2 is 1.73 bits per heavy atom. The van der Waals surface area contributed by atoms with Crippen LogP contribution in [0.2, 0.25) is 0 Å². The zero-order valence-electron chi connectivity index (χ0n) is 14.8. The lowest BCUT2D eigenvalue weighted by atomic mass is 10.1. The van der Waals surface area contributed by atoms with Crippen LogP contribution in [0.3, 0.4) is 0 Å². The van der Waals surface area contributed by atoms with Gasteiger partial charge in [-0.1, -0.05) is 48.5 Å². The zero-order chi connectivity index (χ0) is 18.8. The Morgan fingerprint density at radius 1 is 1.04 bits per heavy atom. The van der Waals surface area contributed by atoms with Gasteiger partial charge < -0.3 is 10.1 Å². The van der Waals surface area contributed by atoms with Crippen molar-refractivity contribution >= 4 is 15.9 Å². The van der Waals surface area contributed by atoms with E-state index in [9.17, 15) is 13.2 Å². The minimum atomic E-state index is -3.48. The molecule has 2 aromatic carbocycles. The molecule has 0 bridgehead atoms. The van der Waals surface area contributed by atoms with Gasteiger partial charge in [0.2, 0.25) is 15.9 Å². The van der Waals surface area contributed by atoms with Gasteiger partial charge >= 0.3 is 0 Å². The van der Waals surface area contributed by atoms with Gasteiger partial charge in [0.15, 0.2) is 0 Å². The molecule has 140 valence electrons. The number of rotatable bonds is 10. The van der Waals surface area contributed by atoms with Crippen LogP contribution in [0.4, 0.5) is 0 Å². The number of carbonyl (C=O) groups is 1. The van der Waals surface area contributed by atoms with Crippen LogP contribution in [0.1, 0.15) is 17.5 Å². The number of sulfonamides is 1. The highest BCUT2D eigenvalue weighted by Crippen LogP contribution is 2.16. The van der Waals surface area contributed by atoms with E-state index in [1.165, 1.54) is 0 Å². The fourth-order valence-electron chi connectivity index (χ4n) is 2.46. The number of para-hydroxylation sites is 1. The molecule has 7 heteroatoms. The Kier molecular flexibility index (Phi) is 7.62. The number of aryl methyl sites for hydroxylation is 1. The molecule has 0 unspecified atom stereocenters. The van der Waals surface area contributed by atoms with Gasteiger partial charge in [-0.2, -0.15) is 0 Å². The number of carbonyl (C=O) groups excluding carboxylic acids is 1. The molecule has 2 aromatic rings. The summed E-state index contributed by atoms with van der Waals surface area (Å²) in [5.74, 6) is 0.277. The first-order valence-corrected chi connectivity index (χ1v) is 10.1. The van der Waals surface area contributed by atoms with Gasteiger partial charge in [0.05, 0.1) is 19.4 Å². The molecule has 0 radical (unpaired) electrons. The molecule has 0 aliphatic carbocycles. The Bertz CT molecular complexity index is 807. The number of ether oxygens (including phenoxy) is 1. The summed E-state index contributed by atoms with van der Waals surface area (Å²) >= 11 is 0. The number of benzene rings is 2. The molecule has 0 fully saturated rings. The first-order valence-electron chi connectivity index (χ1n) is 8.40. The Labute approximate surface area is 154 Å². The smallest absolute Gasteiger partial charge is 0.235 e. The highest BCUT2D eigenvalue weighted by Gasteiger charge is 2.12. The molecule has 0 aliphatic rings. The predicted octanol–water partition coefficient (Wildman–Crippen LogP) is 1.86. The van der Waals surface area contributed by atoms with Crippen molar-refractivity contribution in [2.24, 2.45) is 0 Å². The van der Waals surface area contributed by atoms with E-state index in [0.29, 0.717) is 18.6 Å². The van der Waals surface area contributed by atoms with Crippen LogP contribution in [0.5, 0.6) is 5.75 Å². The molecule has 26 heavy (non-hydrogen) atoms. The molecule has 0 aliphatic heterocycles.